The molecule has 0 atom stereocenters. The van der Waals surface area contributed by atoms with Gasteiger partial charge in [0.05, 0.1) is 6.42 Å². The summed E-state index contributed by atoms with van der Waals surface area (Å²) in [5, 5.41) is 13.8. The number of aromatic nitrogens is 2. The molecule has 26 heavy (non-hydrogen) atoms. The maximum Gasteiger partial charge on any atom is 0.306 e. The maximum atomic E-state index is 11.8. The molecule has 1 aromatic heterocycles. The highest BCUT2D eigenvalue weighted by atomic mass is 79.9. The van der Waals surface area contributed by atoms with Gasteiger partial charge in [-0.25, -0.2) is 0 Å². The van der Waals surface area contributed by atoms with Crippen molar-refractivity contribution in [1.82, 2.24) is 10.2 Å². The van der Waals surface area contributed by atoms with Gasteiger partial charge in [-0.1, -0.05) is 27.3 Å². The molecule has 2 N–H and O–H groups in total. The fourth-order valence-corrected chi connectivity index (χ4v) is 3.00. The molecule has 1 aromatic carbocycles. The van der Waals surface area contributed by atoms with Gasteiger partial charge >= 0.3 is 5.97 Å². The van der Waals surface area contributed by atoms with Gasteiger partial charge in [0, 0.05) is 16.6 Å². The van der Waals surface area contributed by atoms with Crippen LogP contribution in [-0.4, -0.2) is 34.6 Å². The topological polar surface area (TPSA) is 110 Å². The standard InChI is InChI=1S/C16H17BrN4O4S/c1-9-7-11(17)3-4-12(9)18-14(23)8-25-15(24)6-5-13(22)19-16-21-20-10(2)26-16/h3-4,7H,5-6,8H2,1-2H3,(H,18,23)(H,19,21,22). The Hall–Kier alpha value is -2.33. The van der Waals surface area contributed by atoms with E-state index >= 15 is 0 Å². The van der Waals surface area contributed by atoms with Crippen LogP contribution >= 0.6 is 27.3 Å². The molecule has 2 amide bonds. The van der Waals surface area contributed by atoms with Crippen LogP contribution in [0.3, 0.4) is 0 Å². The van der Waals surface area contributed by atoms with Crippen LogP contribution in [0.1, 0.15) is 23.4 Å². The van der Waals surface area contributed by atoms with E-state index in [9.17, 15) is 14.4 Å². The van der Waals surface area contributed by atoms with E-state index in [0.717, 1.165) is 15.0 Å². The average molecular weight is 441 g/mol. The number of hydrogen-bond donors (Lipinski definition) is 2. The molecule has 8 nitrogen and oxygen atoms in total. The van der Waals surface area contributed by atoms with Crippen molar-refractivity contribution in [3.63, 3.8) is 0 Å². The van der Waals surface area contributed by atoms with E-state index in [0.29, 0.717) is 10.8 Å². The number of nitrogens with zero attached hydrogens (tertiary/aromatic N) is 2. The van der Waals surface area contributed by atoms with E-state index in [4.69, 9.17) is 4.74 Å². The van der Waals surface area contributed by atoms with Crippen molar-refractivity contribution in [2.45, 2.75) is 26.7 Å². The zero-order valence-electron chi connectivity index (χ0n) is 14.2. The third-order valence-electron chi connectivity index (χ3n) is 3.16. The number of ether oxygens (including phenoxy) is 1. The van der Waals surface area contributed by atoms with Gasteiger partial charge in [-0.3, -0.25) is 14.4 Å². The van der Waals surface area contributed by atoms with Crippen LogP contribution in [0.2, 0.25) is 0 Å². The number of nitrogens with one attached hydrogen (secondary N) is 2. The predicted octanol–water partition coefficient (Wildman–Crippen LogP) is 2.82. The lowest BCUT2D eigenvalue weighted by molar-refractivity contribution is -0.147. The van der Waals surface area contributed by atoms with E-state index in [2.05, 4.69) is 36.8 Å². The highest BCUT2D eigenvalue weighted by Crippen LogP contribution is 2.20. The summed E-state index contributed by atoms with van der Waals surface area (Å²) in [5.74, 6) is -1.44. The SMILES string of the molecule is Cc1nnc(NC(=O)CCC(=O)OCC(=O)Nc2ccc(Br)cc2C)s1. The first-order chi connectivity index (χ1) is 12.3. The van der Waals surface area contributed by atoms with Crippen molar-refractivity contribution in [2.75, 3.05) is 17.2 Å². The van der Waals surface area contributed by atoms with Crippen molar-refractivity contribution in [2.24, 2.45) is 0 Å². The Morgan fingerprint density at radius 3 is 2.54 bits per heavy atom. The monoisotopic (exact) mass is 440 g/mol. The Labute approximate surface area is 162 Å². The van der Waals surface area contributed by atoms with Crippen molar-refractivity contribution in [3.8, 4) is 0 Å². The number of hydrogen-bond acceptors (Lipinski definition) is 7. The molecule has 0 bridgehead atoms. The number of halogens is 1. The van der Waals surface area contributed by atoms with E-state index in [1.54, 1.807) is 19.1 Å². The van der Waals surface area contributed by atoms with E-state index in [-0.39, 0.29) is 18.7 Å². The highest BCUT2D eigenvalue weighted by molar-refractivity contribution is 9.10. The van der Waals surface area contributed by atoms with Crippen LogP contribution in [0.5, 0.6) is 0 Å². The summed E-state index contributed by atoms with van der Waals surface area (Å²) in [5.41, 5.74) is 1.52. The third kappa shape index (κ3) is 6.52. The molecule has 0 unspecified atom stereocenters. The van der Waals surface area contributed by atoms with Crippen LogP contribution in [0, 0.1) is 13.8 Å². The fraction of sp³-hybridized carbons (Fsp3) is 0.312. The fourth-order valence-electron chi connectivity index (χ4n) is 1.92. The molecular weight excluding hydrogens is 424 g/mol. The Morgan fingerprint density at radius 2 is 1.88 bits per heavy atom. The van der Waals surface area contributed by atoms with Crippen LogP contribution < -0.4 is 10.6 Å². The molecule has 138 valence electrons. The summed E-state index contributed by atoms with van der Waals surface area (Å²) in [6, 6.07) is 5.41. The molecular formula is C16H17BrN4O4S. The van der Waals surface area contributed by atoms with Gasteiger partial charge in [0.2, 0.25) is 11.0 Å². The summed E-state index contributed by atoms with van der Waals surface area (Å²) >= 11 is 4.58. The van der Waals surface area contributed by atoms with Crippen molar-refractivity contribution >= 4 is 55.9 Å². The molecule has 2 rings (SSSR count). The first-order valence-corrected chi connectivity index (χ1v) is 9.26. The van der Waals surface area contributed by atoms with E-state index < -0.39 is 18.5 Å². The van der Waals surface area contributed by atoms with Gasteiger partial charge in [0.25, 0.3) is 5.91 Å². The normalized spacial score (nSPS) is 10.3. The highest BCUT2D eigenvalue weighted by Gasteiger charge is 2.12. The van der Waals surface area contributed by atoms with Gasteiger partial charge in [0.15, 0.2) is 6.61 Å². The van der Waals surface area contributed by atoms with Crippen molar-refractivity contribution in [3.05, 3.63) is 33.2 Å². The Bertz CT molecular complexity index is 824. The summed E-state index contributed by atoms with van der Waals surface area (Å²) in [6.07, 6.45) is -0.195. The zero-order chi connectivity index (χ0) is 19.1. The van der Waals surface area contributed by atoms with Crippen molar-refractivity contribution < 1.29 is 19.1 Å². The first kappa shape index (κ1) is 20.0. The molecule has 0 saturated carbocycles. The summed E-state index contributed by atoms with van der Waals surface area (Å²) in [6.45, 7) is 3.21. The second-order valence-electron chi connectivity index (χ2n) is 5.34. The minimum atomic E-state index is -0.628. The number of esters is 1. The van der Waals surface area contributed by atoms with E-state index in [1.165, 1.54) is 11.3 Å². The lowest BCUT2D eigenvalue weighted by Crippen LogP contribution is -2.22. The molecule has 0 aliphatic rings. The first-order valence-electron chi connectivity index (χ1n) is 7.65. The Morgan fingerprint density at radius 1 is 1.12 bits per heavy atom. The second kappa shape index (κ2) is 9.39. The number of aryl methyl sites for hydroxylation is 2. The van der Waals surface area contributed by atoms with Crippen LogP contribution in [0.15, 0.2) is 22.7 Å². The van der Waals surface area contributed by atoms with E-state index in [1.807, 2.05) is 13.0 Å². The average Bonchev–Trinajstić information content (AvgIpc) is 2.98. The Balaban J connectivity index is 1.69. The summed E-state index contributed by atoms with van der Waals surface area (Å²) < 4.78 is 5.78. The number of amides is 2. The number of benzene rings is 1. The minimum absolute atomic E-state index is 0.0646. The molecule has 10 heteroatoms. The van der Waals surface area contributed by atoms with Crippen LogP contribution in [0.25, 0.3) is 0 Å². The summed E-state index contributed by atoms with van der Waals surface area (Å²) in [7, 11) is 0. The van der Waals surface area contributed by atoms with Gasteiger partial charge in [0.1, 0.15) is 5.01 Å². The zero-order valence-corrected chi connectivity index (χ0v) is 16.6. The van der Waals surface area contributed by atoms with Gasteiger partial charge in [-0.2, -0.15) is 0 Å². The second-order valence-corrected chi connectivity index (χ2v) is 7.44. The molecule has 0 fully saturated rings. The maximum absolute atomic E-state index is 11.8. The van der Waals surface area contributed by atoms with Crippen LogP contribution in [-0.2, 0) is 19.1 Å². The Kier molecular flexibility index (Phi) is 7.22. The number of carbonyl (C=O) groups excluding carboxylic acids is 3. The number of rotatable bonds is 7. The largest absolute Gasteiger partial charge is 0.456 e. The van der Waals surface area contributed by atoms with Gasteiger partial charge in [-0.05, 0) is 37.6 Å². The molecule has 0 spiro atoms. The lowest BCUT2D eigenvalue weighted by atomic mass is 10.2. The molecule has 2 aromatic rings. The van der Waals surface area contributed by atoms with Gasteiger partial charge in [-0.15, -0.1) is 10.2 Å². The third-order valence-corrected chi connectivity index (χ3v) is 4.40. The minimum Gasteiger partial charge on any atom is -0.456 e. The summed E-state index contributed by atoms with van der Waals surface area (Å²) in [4.78, 5) is 35.2. The smallest absolute Gasteiger partial charge is 0.306 e. The molecule has 0 saturated heterocycles. The quantitative estimate of drug-likeness (QED) is 0.640. The van der Waals surface area contributed by atoms with Crippen molar-refractivity contribution in [1.29, 1.82) is 0 Å². The molecule has 0 radical (unpaired) electrons. The molecule has 0 aliphatic carbocycles. The number of anilines is 2. The molecule has 0 aliphatic heterocycles. The lowest BCUT2D eigenvalue weighted by Gasteiger charge is -2.09. The molecule has 1 heterocycles. The van der Waals surface area contributed by atoms with Crippen LogP contribution in [0.4, 0.5) is 10.8 Å². The predicted molar refractivity (Wildman–Crippen MR) is 101 cm³/mol. The number of carbonyl (C=O) groups is 3. The van der Waals surface area contributed by atoms with Gasteiger partial charge < -0.3 is 15.4 Å².